The minimum atomic E-state index is -0.713. The first-order valence-corrected chi connectivity index (χ1v) is 5.89. The minimum absolute atomic E-state index is 0.00870. The van der Waals surface area contributed by atoms with Crippen LogP contribution in [-0.2, 0) is 0 Å². The zero-order valence-corrected chi connectivity index (χ0v) is 9.76. The molecular formula is C13H13BN2O. The molecule has 1 aromatic rings. The van der Waals surface area contributed by atoms with Crippen LogP contribution in [0.1, 0.15) is 30.1 Å². The highest BCUT2D eigenvalue weighted by Crippen LogP contribution is 2.36. The van der Waals surface area contributed by atoms with Gasteiger partial charge in [-0.2, -0.15) is 0 Å². The zero-order valence-electron chi connectivity index (χ0n) is 9.76. The van der Waals surface area contributed by atoms with Gasteiger partial charge in [-0.1, -0.05) is 12.1 Å². The molecule has 0 saturated carbocycles. The molecule has 1 fully saturated rings. The summed E-state index contributed by atoms with van der Waals surface area (Å²) in [5, 5.41) is 0. The van der Waals surface area contributed by atoms with Gasteiger partial charge in [0.05, 0.1) is 11.3 Å². The number of carbonyl (C=O) groups is 1. The lowest BCUT2D eigenvalue weighted by molar-refractivity contribution is 0.0700. The van der Waals surface area contributed by atoms with Crippen LogP contribution in [0.2, 0.25) is 0 Å². The van der Waals surface area contributed by atoms with Crippen LogP contribution in [0.25, 0.3) is 0 Å². The number of rotatable bonds is 0. The summed E-state index contributed by atoms with van der Waals surface area (Å²) in [5.74, 6) is -0.00870. The second-order valence-electron chi connectivity index (χ2n) is 4.83. The third-order valence-corrected chi connectivity index (χ3v) is 3.63. The third kappa shape index (κ3) is 1.43. The van der Waals surface area contributed by atoms with Crippen LogP contribution < -0.4 is 0 Å². The average molecular weight is 224 g/mol. The Hall–Kier alpha value is -1.58. The van der Waals surface area contributed by atoms with Crippen molar-refractivity contribution in [2.45, 2.75) is 31.2 Å². The second-order valence-corrected chi connectivity index (χ2v) is 4.83. The number of hydrogen-bond acceptors (Lipinski definition) is 2. The summed E-state index contributed by atoms with van der Waals surface area (Å²) in [5.41, 5.74) is 0.643. The summed E-state index contributed by atoms with van der Waals surface area (Å²) in [4.78, 5) is 18.6. The van der Waals surface area contributed by atoms with Crippen molar-refractivity contribution < 1.29 is 4.79 Å². The van der Waals surface area contributed by atoms with Gasteiger partial charge in [-0.25, -0.2) is 0 Å². The molecule has 1 amide bonds. The molecule has 3 nitrogen and oxygen atoms in total. The SMILES string of the molecule is [B]C12C=Nc3ccccc3C(=O)N1C(C)CC2. The van der Waals surface area contributed by atoms with Crippen molar-refractivity contribution in [1.82, 2.24) is 4.90 Å². The van der Waals surface area contributed by atoms with E-state index >= 15 is 0 Å². The normalized spacial score (nSPS) is 31.0. The highest BCUT2D eigenvalue weighted by molar-refractivity contribution is 6.28. The number of amides is 1. The minimum Gasteiger partial charge on any atom is -0.334 e. The smallest absolute Gasteiger partial charge is 0.256 e. The molecule has 2 atom stereocenters. The van der Waals surface area contributed by atoms with Crippen molar-refractivity contribution in [2.24, 2.45) is 4.99 Å². The van der Waals surface area contributed by atoms with E-state index in [2.05, 4.69) is 4.99 Å². The van der Waals surface area contributed by atoms with Crippen LogP contribution >= 0.6 is 0 Å². The average Bonchev–Trinajstić information content (AvgIpc) is 2.57. The molecule has 0 spiro atoms. The largest absolute Gasteiger partial charge is 0.334 e. The van der Waals surface area contributed by atoms with Crippen molar-refractivity contribution in [3.8, 4) is 0 Å². The first-order chi connectivity index (χ1) is 8.12. The number of hydrogen-bond donors (Lipinski definition) is 0. The Kier molecular flexibility index (Phi) is 2.15. The van der Waals surface area contributed by atoms with Crippen LogP contribution in [0.5, 0.6) is 0 Å². The summed E-state index contributed by atoms with van der Waals surface area (Å²) in [6.45, 7) is 2.04. The van der Waals surface area contributed by atoms with Crippen LogP contribution in [0, 0.1) is 0 Å². The first kappa shape index (κ1) is 10.6. The highest BCUT2D eigenvalue weighted by Gasteiger charge is 2.44. The molecule has 1 saturated heterocycles. The van der Waals surface area contributed by atoms with E-state index in [1.54, 1.807) is 11.1 Å². The summed E-state index contributed by atoms with van der Waals surface area (Å²) >= 11 is 0. The predicted molar refractivity (Wildman–Crippen MR) is 67.9 cm³/mol. The molecule has 2 radical (unpaired) electrons. The lowest BCUT2D eigenvalue weighted by Crippen LogP contribution is -2.51. The molecule has 0 aromatic heterocycles. The van der Waals surface area contributed by atoms with Gasteiger partial charge < -0.3 is 4.90 Å². The second kappa shape index (κ2) is 3.46. The quantitative estimate of drug-likeness (QED) is 0.619. The van der Waals surface area contributed by atoms with Gasteiger partial charge >= 0.3 is 0 Å². The molecule has 3 rings (SSSR count). The standard InChI is InChI=1S/C13H13BN2O/c1-9-6-7-13(14)8-15-11-5-3-2-4-10(11)12(17)16(9)13/h2-5,8-9H,6-7H2,1H3. The number of fused-ring (bicyclic) bond motifs is 2. The van der Waals surface area contributed by atoms with Gasteiger partial charge in [0, 0.05) is 17.7 Å². The molecule has 2 aliphatic heterocycles. The fourth-order valence-electron chi connectivity index (χ4n) is 2.69. The highest BCUT2D eigenvalue weighted by atomic mass is 16.2. The van der Waals surface area contributed by atoms with Crippen LogP contribution in [0.15, 0.2) is 29.3 Å². The molecule has 4 heteroatoms. The molecule has 2 aliphatic rings. The molecule has 0 N–H and O–H groups in total. The summed E-state index contributed by atoms with van der Waals surface area (Å²) in [7, 11) is 6.28. The van der Waals surface area contributed by atoms with E-state index in [4.69, 9.17) is 7.85 Å². The van der Waals surface area contributed by atoms with Crippen LogP contribution in [-0.4, -0.2) is 36.3 Å². The lowest BCUT2D eigenvalue weighted by Gasteiger charge is -2.34. The number of para-hydroxylation sites is 1. The van der Waals surface area contributed by atoms with Crippen molar-refractivity contribution in [2.75, 3.05) is 0 Å². The van der Waals surface area contributed by atoms with Crippen LogP contribution in [0.4, 0.5) is 5.69 Å². The van der Waals surface area contributed by atoms with E-state index in [-0.39, 0.29) is 11.9 Å². The number of aliphatic imine (C=N–C) groups is 1. The monoisotopic (exact) mass is 224 g/mol. The topological polar surface area (TPSA) is 32.7 Å². The van der Waals surface area contributed by atoms with Gasteiger partial charge in [0.2, 0.25) is 0 Å². The van der Waals surface area contributed by atoms with E-state index in [9.17, 15) is 4.79 Å². The predicted octanol–water partition coefficient (Wildman–Crippen LogP) is 1.89. The van der Waals surface area contributed by atoms with E-state index in [1.165, 1.54) is 0 Å². The fraction of sp³-hybridized carbons (Fsp3) is 0.385. The van der Waals surface area contributed by atoms with Crippen molar-refractivity contribution in [3.05, 3.63) is 29.8 Å². The van der Waals surface area contributed by atoms with Gasteiger partial charge in [-0.3, -0.25) is 9.79 Å². The summed E-state index contributed by atoms with van der Waals surface area (Å²) in [6, 6.07) is 7.57. The maximum atomic E-state index is 12.5. The van der Waals surface area contributed by atoms with Crippen molar-refractivity contribution in [1.29, 1.82) is 0 Å². The van der Waals surface area contributed by atoms with Crippen molar-refractivity contribution in [3.63, 3.8) is 0 Å². The van der Waals surface area contributed by atoms with E-state index in [0.717, 1.165) is 12.8 Å². The molecule has 0 bridgehead atoms. The van der Waals surface area contributed by atoms with Gasteiger partial charge in [0.15, 0.2) is 0 Å². The summed E-state index contributed by atoms with van der Waals surface area (Å²) in [6.07, 6.45) is 3.42. The molecule has 84 valence electrons. The van der Waals surface area contributed by atoms with Gasteiger partial charge in [0.25, 0.3) is 5.91 Å². The molecule has 1 aromatic carbocycles. The van der Waals surface area contributed by atoms with Gasteiger partial charge in [0.1, 0.15) is 7.85 Å². The maximum Gasteiger partial charge on any atom is 0.256 e. The molecule has 2 heterocycles. The van der Waals surface area contributed by atoms with Crippen LogP contribution in [0.3, 0.4) is 0 Å². The fourth-order valence-corrected chi connectivity index (χ4v) is 2.69. The Bertz CT molecular complexity index is 514. The zero-order chi connectivity index (χ0) is 12.0. The van der Waals surface area contributed by atoms with E-state index < -0.39 is 5.44 Å². The van der Waals surface area contributed by atoms with Crippen molar-refractivity contribution >= 4 is 25.7 Å². The molecule has 17 heavy (non-hydrogen) atoms. The Morgan fingerprint density at radius 3 is 3.06 bits per heavy atom. The molecular weight excluding hydrogens is 211 g/mol. The summed E-state index contributed by atoms with van der Waals surface area (Å²) < 4.78 is 0. The first-order valence-electron chi connectivity index (χ1n) is 5.89. The number of carbonyl (C=O) groups excluding carboxylic acids is 1. The Morgan fingerprint density at radius 2 is 2.24 bits per heavy atom. The van der Waals surface area contributed by atoms with Gasteiger partial charge in [-0.05, 0) is 31.9 Å². The Morgan fingerprint density at radius 1 is 1.47 bits per heavy atom. The Balaban J connectivity index is 2.17. The third-order valence-electron chi connectivity index (χ3n) is 3.63. The number of nitrogens with zero attached hydrogens (tertiary/aromatic N) is 2. The molecule has 2 unspecified atom stereocenters. The van der Waals surface area contributed by atoms with Gasteiger partial charge in [-0.15, -0.1) is 0 Å². The lowest BCUT2D eigenvalue weighted by atomic mass is 9.76. The van der Waals surface area contributed by atoms with E-state index in [0.29, 0.717) is 11.3 Å². The van der Waals surface area contributed by atoms with E-state index in [1.807, 2.05) is 31.2 Å². The maximum absolute atomic E-state index is 12.5. The number of benzene rings is 1. The molecule has 0 aliphatic carbocycles. The Labute approximate surface area is 102 Å².